The van der Waals surface area contributed by atoms with Gasteiger partial charge in [0.2, 0.25) is 0 Å². The van der Waals surface area contributed by atoms with Gasteiger partial charge in [-0.1, -0.05) is 32.0 Å². The number of para-hydroxylation sites is 1. The van der Waals surface area contributed by atoms with E-state index in [1.165, 1.54) is 22.4 Å². The molecule has 124 valence electrons. The van der Waals surface area contributed by atoms with Crippen molar-refractivity contribution in [2.45, 2.75) is 39.3 Å². The predicted octanol–water partition coefficient (Wildman–Crippen LogP) is 5.00. The van der Waals surface area contributed by atoms with Crippen LogP contribution in [0.1, 0.15) is 37.5 Å². The first-order valence-electron chi connectivity index (χ1n) is 8.50. The molecule has 0 unspecified atom stereocenters. The van der Waals surface area contributed by atoms with Gasteiger partial charge in [-0.15, -0.1) is 0 Å². The molecule has 0 aliphatic carbocycles. The minimum atomic E-state index is -0.0588. The highest BCUT2D eigenvalue weighted by Crippen LogP contribution is 2.49. The summed E-state index contributed by atoms with van der Waals surface area (Å²) in [6, 6.07) is 12.8. The molecule has 3 nitrogen and oxygen atoms in total. The molecule has 3 heteroatoms. The summed E-state index contributed by atoms with van der Waals surface area (Å²) in [4.78, 5) is 4.51. The molecule has 1 atom stereocenters. The summed E-state index contributed by atoms with van der Waals surface area (Å²) in [6.45, 7) is 8.95. The van der Waals surface area contributed by atoms with E-state index >= 15 is 0 Å². The normalized spacial score (nSPS) is 20.6. The van der Waals surface area contributed by atoms with E-state index < -0.39 is 0 Å². The Hall–Kier alpha value is -2.42. The standard InChI is InChI=1S/C21H24N2O/c1-14-12-17-20(13-18(14)23-11-10-22(5)15(23)2)24-19-9-7-6-8-16(19)21(17,3)4/h6-13,15H,1-5H3/t15-/m0/s1. The summed E-state index contributed by atoms with van der Waals surface area (Å²) in [7, 11) is 2.10. The predicted molar refractivity (Wildman–Crippen MR) is 98.7 cm³/mol. The zero-order valence-corrected chi connectivity index (χ0v) is 15.0. The number of hydrogen-bond acceptors (Lipinski definition) is 3. The van der Waals surface area contributed by atoms with Gasteiger partial charge in [0.25, 0.3) is 0 Å². The average molecular weight is 320 g/mol. The van der Waals surface area contributed by atoms with Gasteiger partial charge >= 0.3 is 0 Å². The maximum atomic E-state index is 6.27. The number of hydrogen-bond donors (Lipinski definition) is 0. The second-order valence-corrected chi connectivity index (χ2v) is 7.36. The van der Waals surface area contributed by atoms with Crippen molar-refractivity contribution in [3.63, 3.8) is 0 Å². The van der Waals surface area contributed by atoms with Crippen molar-refractivity contribution in [2.24, 2.45) is 0 Å². The highest BCUT2D eigenvalue weighted by atomic mass is 16.5. The quantitative estimate of drug-likeness (QED) is 0.736. The first-order valence-corrected chi connectivity index (χ1v) is 8.50. The van der Waals surface area contributed by atoms with Crippen LogP contribution in [0, 0.1) is 6.92 Å². The topological polar surface area (TPSA) is 15.7 Å². The molecule has 0 spiro atoms. The van der Waals surface area contributed by atoms with E-state index in [9.17, 15) is 0 Å². The van der Waals surface area contributed by atoms with Crippen LogP contribution in [0.15, 0.2) is 48.8 Å². The van der Waals surface area contributed by atoms with Gasteiger partial charge in [0.05, 0.1) is 0 Å². The minimum Gasteiger partial charge on any atom is -0.457 e. The number of ether oxygens (including phenoxy) is 1. The SMILES string of the molecule is Cc1cc2c(cc1N1C=CN(C)[C@@H]1C)Oc1ccccc1C2(C)C. The van der Waals surface area contributed by atoms with Crippen molar-refractivity contribution < 1.29 is 4.74 Å². The molecule has 0 aromatic heterocycles. The number of nitrogens with zero attached hydrogens (tertiary/aromatic N) is 2. The molecular formula is C21H24N2O. The average Bonchev–Trinajstić information content (AvgIpc) is 2.88. The zero-order chi connectivity index (χ0) is 17.1. The number of anilines is 1. The fourth-order valence-electron chi connectivity index (χ4n) is 3.77. The molecule has 4 rings (SSSR count). The summed E-state index contributed by atoms with van der Waals surface area (Å²) >= 11 is 0. The van der Waals surface area contributed by atoms with Crippen molar-refractivity contribution in [1.82, 2.24) is 4.90 Å². The molecule has 0 saturated heterocycles. The van der Waals surface area contributed by atoms with Crippen LogP contribution in [0.25, 0.3) is 0 Å². The lowest BCUT2D eigenvalue weighted by molar-refractivity contribution is 0.382. The highest BCUT2D eigenvalue weighted by Gasteiger charge is 2.35. The van der Waals surface area contributed by atoms with Crippen LogP contribution in [0.5, 0.6) is 11.5 Å². The molecule has 2 aromatic carbocycles. The maximum absolute atomic E-state index is 6.27. The summed E-state index contributed by atoms with van der Waals surface area (Å²) < 4.78 is 6.27. The van der Waals surface area contributed by atoms with Crippen molar-refractivity contribution in [3.05, 3.63) is 65.5 Å². The van der Waals surface area contributed by atoms with Gasteiger partial charge < -0.3 is 14.5 Å². The summed E-state index contributed by atoms with van der Waals surface area (Å²) in [5.41, 5.74) is 4.93. The molecule has 2 heterocycles. The number of aryl methyl sites for hydroxylation is 1. The van der Waals surface area contributed by atoms with E-state index in [1.54, 1.807) is 0 Å². The molecular weight excluding hydrogens is 296 g/mol. The molecule has 0 bridgehead atoms. The van der Waals surface area contributed by atoms with Crippen LogP contribution in [0.4, 0.5) is 5.69 Å². The van der Waals surface area contributed by atoms with Gasteiger partial charge in [0.1, 0.15) is 17.7 Å². The van der Waals surface area contributed by atoms with Crippen molar-refractivity contribution >= 4 is 5.69 Å². The first kappa shape index (κ1) is 15.1. The van der Waals surface area contributed by atoms with E-state index in [1.807, 2.05) is 6.07 Å². The molecule has 24 heavy (non-hydrogen) atoms. The van der Waals surface area contributed by atoms with Gasteiger partial charge in [-0.05, 0) is 31.5 Å². The molecule has 0 radical (unpaired) electrons. The number of rotatable bonds is 1. The van der Waals surface area contributed by atoms with E-state index in [0.29, 0.717) is 6.17 Å². The van der Waals surface area contributed by atoms with E-state index in [2.05, 4.69) is 87.3 Å². The Morgan fingerprint density at radius 3 is 2.46 bits per heavy atom. The lowest BCUT2D eigenvalue weighted by atomic mass is 9.75. The summed E-state index contributed by atoms with van der Waals surface area (Å²) in [6.07, 6.45) is 4.57. The van der Waals surface area contributed by atoms with Crippen LogP contribution >= 0.6 is 0 Å². The molecule has 0 fully saturated rings. The van der Waals surface area contributed by atoms with Crippen molar-refractivity contribution in [3.8, 4) is 11.5 Å². The van der Waals surface area contributed by atoms with Gasteiger partial charge in [-0.25, -0.2) is 0 Å². The molecule has 2 aliphatic heterocycles. The highest BCUT2D eigenvalue weighted by molar-refractivity contribution is 5.67. The van der Waals surface area contributed by atoms with Crippen LogP contribution in [0.2, 0.25) is 0 Å². The smallest absolute Gasteiger partial charge is 0.133 e. The molecule has 2 aliphatic rings. The van der Waals surface area contributed by atoms with E-state index in [4.69, 9.17) is 4.74 Å². The van der Waals surface area contributed by atoms with Crippen LogP contribution in [-0.2, 0) is 5.41 Å². The fourth-order valence-corrected chi connectivity index (χ4v) is 3.77. The van der Waals surface area contributed by atoms with Crippen molar-refractivity contribution in [2.75, 3.05) is 11.9 Å². The van der Waals surface area contributed by atoms with Crippen molar-refractivity contribution in [1.29, 1.82) is 0 Å². The second-order valence-electron chi connectivity index (χ2n) is 7.36. The molecule has 0 saturated carbocycles. The third-order valence-corrected chi connectivity index (χ3v) is 5.48. The lowest BCUT2D eigenvalue weighted by Gasteiger charge is -2.36. The van der Waals surface area contributed by atoms with Gasteiger partial charge in [-0.2, -0.15) is 0 Å². The molecule has 0 amide bonds. The molecule has 2 aromatic rings. The fraction of sp³-hybridized carbons (Fsp3) is 0.333. The first-order chi connectivity index (χ1) is 11.4. The Kier molecular flexibility index (Phi) is 3.17. The van der Waals surface area contributed by atoms with Crippen LogP contribution in [0.3, 0.4) is 0 Å². The lowest BCUT2D eigenvalue weighted by Crippen LogP contribution is -2.34. The Morgan fingerprint density at radius 2 is 1.75 bits per heavy atom. The zero-order valence-electron chi connectivity index (χ0n) is 15.0. The number of benzene rings is 2. The van der Waals surface area contributed by atoms with Crippen LogP contribution < -0.4 is 9.64 Å². The number of fused-ring (bicyclic) bond motifs is 2. The maximum Gasteiger partial charge on any atom is 0.133 e. The molecule has 0 N–H and O–H groups in total. The minimum absolute atomic E-state index is 0.0588. The van der Waals surface area contributed by atoms with Gasteiger partial charge in [0.15, 0.2) is 0 Å². The van der Waals surface area contributed by atoms with E-state index in [0.717, 1.165) is 11.5 Å². The van der Waals surface area contributed by atoms with Gasteiger partial charge in [0, 0.05) is 47.7 Å². The summed E-state index contributed by atoms with van der Waals surface area (Å²) in [5, 5.41) is 0. The second kappa shape index (κ2) is 5.04. The third kappa shape index (κ3) is 2.04. The van der Waals surface area contributed by atoms with Crippen LogP contribution in [-0.4, -0.2) is 18.1 Å². The van der Waals surface area contributed by atoms with E-state index in [-0.39, 0.29) is 5.41 Å². The Morgan fingerprint density at radius 1 is 1.00 bits per heavy atom. The third-order valence-electron chi connectivity index (χ3n) is 5.48. The van der Waals surface area contributed by atoms with Gasteiger partial charge in [-0.3, -0.25) is 0 Å². The Bertz CT molecular complexity index is 838. The Labute approximate surface area is 144 Å². The Balaban J connectivity index is 1.84. The monoisotopic (exact) mass is 320 g/mol. The largest absolute Gasteiger partial charge is 0.457 e. The summed E-state index contributed by atoms with van der Waals surface area (Å²) in [5.74, 6) is 1.93.